The molecule has 7 aliphatic rings. The first kappa shape index (κ1) is 92.5. The normalized spacial score (nSPS) is 12.7. The van der Waals surface area contributed by atoms with Gasteiger partial charge < -0.3 is 56.8 Å². The summed E-state index contributed by atoms with van der Waals surface area (Å²) in [4.78, 5) is 29.4. The van der Waals surface area contributed by atoms with Crippen LogP contribution >= 0.6 is 34.9 Å². The van der Waals surface area contributed by atoms with Gasteiger partial charge in [-0.15, -0.1) is 34.9 Å². The van der Waals surface area contributed by atoms with Gasteiger partial charge in [0, 0.05) is 73.8 Å². The van der Waals surface area contributed by atoms with Crippen molar-refractivity contribution in [2.75, 3.05) is 76.4 Å². The van der Waals surface area contributed by atoms with E-state index in [1.54, 1.807) is 41.9 Å². The van der Waals surface area contributed by atoms with Crippen molar-refractivity contribution in [3.63, 3.8) is 0 Å². The molecule has 0 atom stereocenters. The van der Waals surface area contributed by atoms with Gasteiger partial charge in [0.2, 0.25) is 6.79 Å². The maximum atomic E-state index is 11.2. The van der Waals surface area contributed by atoms with Crippen molar-refractivity contribution in [1.29, 1.82) is 0 Å². The number of thioether (sulfide) groups is 2. The predicted molar refractivity (Wildman–Crippen MR) is 536 cm³/mol. The van der Waals surface area contributed by atoms with E-state index in [-0.39, 0.29) is 10.9 Å². The van der Waals surface area contributed by atoms with E-state index in [0.717, 1.165) is 154 Å². The van der Waals surface area contributed by atoms with Crippen molar-refractivity contribution >= 4 is 112 Å². The minimum absolute atomic E-state index is 0.00634. The molecular formula is C111H99BN2O14S3. The summed E-state index contributed by atoms with van der Waals surface area (Å²) >= 11 is 5.53. The Morgan fingerprint density at radius 3 is 1.36 bits per heavy atom. The number of anilines is 1. The number of ether oxygens (including phenoxy) is 9. The summed E-state index contributed by atoms with van der Waals surface area (Å²) in [6.45, 7) is 8.63. The van der Waals surface area contributed by atoms with Gasteiger partial charge in [-0.1, -0.05) is 212 Å². The van der Waals surface area contributed by atoms with Crippen LogP contribution in [0.25, 0.3) is 64.4 Å². The predicted octanol–water partition coefficient (Wildman–Crippen LogP) is 26.2. The van der Waals surface area contributed by atoms with Gasteiger partial charge in [0.1, 0.15) is 48.2 Å². The number of aromatic nitrogens is 1. The third-order valence-corrected chi connectivity index (χ3v) is 23.7. The minimum Gasteiger partial charge on any atom is -0.493 e. The van der Waals surface area contributed by atoms with Crippen LogP contribution < -0.4 is 58.8 Å². The number of hydrogen-bond acceptors (Lipinski definition) is 19. The van der Waals surface area contributed by atoms with Crippen molar-refractivity contribution in [1.82, 2.24) is 4.98 Å². The van der Waals surface area contributed by atoms with E-state index in [1.165, 1.54) is 67.3 Å². The quantitative estimate of drug-likeness (QED) is 0.146. The zero-order valence-corrected chi connectivity index (χ0v) is 74.7. The molecule has 19 aromatic rings. The Hall–Kier alpha value is -14.7. The SMILES string of the molecule is O=c1ccoc2ccccc12.O=c1ccsc2ccccc12.Oc1ccbc2ccccc12.c1ccc2c(c1)CCCO2.c1ccc2c(c1)CCO2.c1ccc2c(c1)NCCO2.c1ccc2c(c1)OCCCO2.c1ccc2c(c1)OCCO2.c1ccc2c(c1)OCO2.c1ccc2c(c1)SCCS2.c1ccc2ccccc2c1.c1ccc2ncccc2c1.c1ccc2occc2c1. The van der Waals surface area contributed by atoms with Crippen LogP contribution in [-0.2, 0) is 12.8 Å². The summed E-state index contributed by atoms with van der Waals surface area (Å²) in [5.41, 5.74) is 6.58. The standard InChI is InChI=1S/C10H8.C9H7BO.C9H7N.C9H10O2.C9H6O2.C9H6OS.C9H10O.C8H9NO.C8H8O2.C8H8O.C8H6O.C8H8S2.C7H6O2/c1-2-6-10-8-4-3-7-9(10)5-1;11-9-5-6-10-8-4-2-1-3-7(8)9;1-2-6-9-8(4-1)5-3-7-10-9;1-2-5-9-8(4-1)10-6-3-7-11-9;2*10-8-5-6-11-9-4-2-1-3-7(8)9;1-2-6-9-8(4-1)5-3-7-10-9;2*1-2-4-8-7(3-1)9-5-6-10-8;2*1-2-4-8-7(3-1)5-6-9-8;1-2-4-8-7(3-1)9-5-6-10-8;1-2-4-7-6(3-1)8-5-9-7/h1-8H;1-6,11H;1-7H;1-2,4-5H,3,6-7H2;2*1-6H;1-2,4,6H,3,5,7H2;1-4,9H,5-6H2;1-4H,5-6H2;1-4H,5-6H2;1-6H;1-4H,5-6H2;1-4H,5H2. The number of nitrogens with zero attached hydrogens (tertiary/aromatic N) is 1. The first-order valence-electron chi connectivity index (χ1n) is 43.3. The molecule has 20 heteroatoms. The number of rotatable bonds is 0. The van der Waals surface area contributed by atoms with Crippen molar-refractivity contribution in [3.05, 3.63) is 438 Å². The van der Waals surface area contributed by atoms with Gasteiger partial charge in [-0.3, -0.25) is 14.6 Å². The van der Waals surface area contributed by atoms with E-state index >= 15 is 0 Å². The maximum absolute atomic E-state index is 11.2. The molecule has 2 N–H and O–H groups in total. The number of pyridine rings is 1. The molecule has 12 heterocycles. The Balaban J connectivity index is 0.000000114. The molecule has 0 unspecified atom stereocenters. The molecule has 0 amide bonds. The number of nitrogens with one attached hydrogen (secondary N) is 1. The maximum Gasteiger partial charge on any atom is 0.231 e. The van der Waals surface area contributed by atoms with E-state index < -0.39 is 0 Å². The molecule has 131 heavy (non-hydrogen) atoms. The Morgan fingerprint density at radius 2 is 0.771 bits per heavy atom. The third kappa shape index (κ3) is 28.9. The minimum atomic E-state index is 0.00634. The fourth-order valence-corrected chi connectivity index (χ4v) is 16.8. The molecule has 0 aliphatic carbocycles. The zero-order valence-electron chi connectivity index (χ0n) is 72.3. The molecule has 5 aromatic heterocycles. The van der Waals surface area contributed by atoms with Crippen LogP contribution in [0.15, 0.2) is 434 Å². The first-order valence-corrected chi connectivity index (χ1v) is 46.2. The number of furan rings is 1. The summed E-state index contributed by atoms with van der Waals surface area (Å²) in [5, 5.41) is 22.9. The number of aryl methyl sites for hydroxylation is 1. The van der Waals surface area contributed by atoms with Gasteiger partial charge in [0.15, 0.2) is 45.4 Å². The number of benzene rings is 14. The average molecular weight is 1790 g/mol. The monoisotopic (exact) mass is 1790 g/mol. The van der Waals surface area contributed by atoms with Gasteiger partial charge in [0.05, 0.1) is 55.5 Å². The van der Waals surface area contributed by atoms with E-state index in [2.05, 4.69) is 113 Å². The molecule has 14 aromatic carbocycles. The van der Waals surface area contributed by atoms with Gasteiger partial charge in [0.25, 0.3) is 0 Å². The second-order valence-corrected chi connectivity index (χ2v) is 32.5. The molecule has 0 fully saturated rings. The van der Waals surface area contributed by atoms with Crippen molar-refractivity contribution in [2.45, 2.75) is 35.5 Å². The van der Waals surface area contributed by atoms with Gasteiger partial charge >= 0.3 is 64.7 Å². The molecule has 7 aliphatic heterocycles. The summed E-state index contributed by atoms with van der Waals surface area (Å²) in [6, 6.07) is 122. The van der Waals surface area contributed by atoms with Crippen LogP contribution in [0.4, 0.5) is 5.69 Å². The summed E-state index contributed by atoms with van der Waals surface area (Å²) in [7, 11) is 0. The fourth-order valence-electron chi connectivity index (χ4n) is 13.8. The first-order chi connectivity index (χ1) is 64.8. The largest absolute Gasteiger partial charge is 0.493 e. The average Bonchev–Trinajstić information content (AvgIpc) is 1.78. The van der Waals surface area contributed by atoms with Crippen molar-refractivity contribution in [2.24, 2.45) is 0 Å². The van der Waals surface area contributed by atoms with E-state index in [1.807, 2.05) is 291 Å². The van der Waals surface area contributed by atoms with E-state index in [4.69, 9.17) is 51.5 Å². The Morgan fingerprint density at radius 1 is 0.328 bits per heavy atom. The molecule has 0 spiro atoms. The molecule has 16 nitrogen and oxygen atoms in total. The number of aromatic hydroxyl groups is 1. The van der Waals surface area contributed by atoms with Crippen LogP contribution in [0.2, 0.25) is 0 Å². The van der Waals surface area contributed by atoms with E-state index in [0.29, 0.717) is 36.7 Å². The molecule has 0 saturated heterocycles. The van der Waals surface area contributed by atoms with Crippen LogP contribution in [-0.4, -0.2) is 88.1 Å². The fraction of sp³-hybridized carbons (Fsp3) is 0.135. The zero-order chi connectivity index (χ0) is 89.7. The summed E-state index contributed by atoms with van der Waals surface area (Å²) < 4.78 is 58.9. The second-order valence-electron chi connectivity index (χ2n) is 29.2. The van der Waals surface area contributed by atoms with Gasteiger partial charge in [-0.25, -0.2) is 0 Å². The molecular weight excluding hydrogens is 1690 g/mol. The molecule has 658 valence electrons. The summed E-state index contributed by atoms with van der Waals surface area (Å²) in [6.07, 6.45) is 9.30. The molecule has 0 saturated carbocycles. The van der Waals surface area contributed by atoms with Crippen LogP contribution in [0.5, 0.6) is 57.5 Å². The smallest absolute Gasteiger partial charge is 0.231 e. The van der Waals surface area contributed by atoms with Crippen LogP contribution in [0.3, 0.4) is 0 Å². The van der Waals surface area contributed by atoms with Gasteiger partial charge in [-0.2, -0.15) is 0 Å². The molecule has 0 radical (unpaired) electrons. The van der Waals surface area contributed by atoms with Crippen LogP contribution in [0, 0.1) is 0 Å². The molecule has 0 bridgehead atoms. The molecule has 26 rings (SSSR count). The topological polar surface area (TPSA) is 189 Å². The van der Waals surface area contributed by atoms with Crippen molar-refractivity contribution < 1.29 is 56.6 Å². The van der Waals surface area contributed by atoms with Crippen LogP contribution in [0.1, 0.15) is 24.0 Å². The second kappa shape index (κ2) is 51.3. The third-order valence-electron chi connectivity index (χ3n) is 20.2. The number of fused-ring (bicyclic) bond motifs is 13. The summed E-state index contributed by atoms with van der Waals surface area (Å²) in [5.74, 6) is 13.0. The number of para-hydroxylation sites is 13. The number of hydrogen-bond donors (Lipinski definition) is 2. The van der Waals surface area contributed by atoms with Gasteiger partial charge in [-0.05, 0) is 168 Å². The Labute approximate surface area is 775 Å². The Bertz CT molecular complexity index is 6090. The van der Waals surface area contributed by atoms with E-state index in [9.17, 15) is 14.7 Å². The Kier molecular flexibility index (Phi) is 36.2. The van der Waals surface area contributed by atoms with Crippen molar-refractivity contribution in [3.8, 4) is 57.5 Å².